The first-order valence-corrected chi connectivity index (χ1v) is 6.49. The fourth-order valence-electron chi connectivity index (χ4n) is 1.98. The molecule has 0 saturated carbocycles. The predicted octanol–water partition coefficient (Wildman–Crippen LogP) is 3.09. The number of H-pyrrole nitrogens is 1. The zero-order chi connectivity index (χ0) is 12.5. The number of anilines is 1. The van der Waals surface area contributed by atoms with E-state index in [1.54, 1.807) is 23.7 Å². The molecule has 0 fully saturated rings. The summed E-state index contributed by atoms with van der Waals surface area (Å²) in [4.78, 5) is 4.03. The Morgan fingerprint density at radius 3 is 2.67 bits per heavy atom. The molecule has 0 aliphatic heterocycles. The molecule has 0 atom stereocenters. The molecule has 18 heavy (non-hydrogen) atoms. The molecule has 0 radical (unpaired) electrons. The Morgan fingerprint density at radius 2 is 2.00 bits per heavy atom. The molecular weight excluding hydrogens is 244 g/mol. The normalized spacial score (nSPS) is 10.7. The van der Waals surface area contributed by atoms with E-state index in [9.17, 15) is 0 Å². The minimum absolute atomic E-state index is 0.516. The lowest BCUT2D eigenvalue weighted by Crippen LogP contribution is -1.89. The Hall–Kier alpha value is -2.14. The molecule has 0 aromatic carbocycles. The van der Waals surface area contributed by atoms with Crippen molar-refractivity contribution in [1.82, 2.24) is 15.2 Å². The second-order valence-electron chi connectivity index (χ2n) is 4.06. The van der Waals surface area contributed by atoms with Crippen molar-refractivity contribution in [3.05, 3.63) is 40.8 Å². The molecule has 3 aromatic heterocycles. The first-order chi connectivity index (χ1) is 8.77. The van der Waals surface area contributed by atoms with Gasteiger partial charge in [0.2, 0.25) is 0 Å². The standard InChI is InChI=1S/C13H12N4S/c1-8-6-18-7-10(8)12-11(13(14)17-16-12)9-2-4-15-5-3-9/h2-7H,1H3,(H3,14,16,17). The highest BCUT2D eigenvalue weighted by Gasteiger charge is 2.16. The number of hydrogen-bond acceptors (Lipinski definition) is 4. The van der Waals surface area contributed by atoms with E-state index < -0.39 is 0 Å². The van der Waals surface area contributed by atoms with Crippen LogP contribution in [0.3, 0.4) is 0 Å². The highest BCUT2D eigenvalue weighted by atomic mass is 32.1. The Balaban J connectivity index is 2.22. The van der Waals surface area contributed by atoms with Gasteiger partial charge in [-0.2, -0.15) is 16.4 Å². The Labute approximate surface area is 109 Å². The van der Waals surface area contributed by atoms with Gasteiger partial charge in [0.15, 0.2) is 5.82 Å². The summed E-state index contributed by atoms with van der Waals surface area (Å²) in [6, 6.07) is 3.87. The van der Waals surface area contributed by atoms with Crippen LogP contribution in [0.4, 0.5) is 5.82 Å². The lowest BCUT2D eigenvalue weighted by molar-refractivity contribution is 1.10. The van der Waals surface area contributed by atoms with E-state index in [-0.39, 0.29) is 0 Å². The number of nitrogens with one attached hydrogen (secondary N) is 1. The molecule has 0 amide bonds. The van der Waals surface area contributed by atoms with Crippen molar-refractivity contribution in [2.24, 2.45) is 0 Å². The molecule has 90 valence electrons. The van der Waals surface area contributed by atoms with Crippen LogP contribution in [-0.2, 0) is 0 Å². The number of thiophene rings is 1. The van der Waals surface area contributed by atoms with Crippen molar-refractivity contribution >= 4 is 17.2 Å². The van der Waals surface area contributed by atoms with Crippen molar-refractivity contribution in [2.75, 3.05) is 5.73 Å². The molecule has 0 aliphatic carbocycles. The van der Waals surface area contributed by atoms with Crippen molar-refractivity contribution in [2.45, 2.75) is 6.92 Å². The average Bonchev–Trinajstić information content (AvgIpc) is 2.96. The monoisotopic (exact) mass is 256 g/mol. The fourth-order valence-corrected chi connectivity index (χ4v) is 2.82. The van der Waals surface area contributed by atoms with Crippen LogP contribution in [-0.4, -0.2) is 15.2 Å². The Kier molecular flexibility index (Phi) is 2.60. The van der Waals surface area contributed by atoms with Gasteiger partial charge < -0.3 is 5.73 Å². The number of nitrogen functional groups attached to an aromatic ring is 1. The summed E-state index contributed by atoms with van der Waals surface area (Å²) in [5.41, 5.74) is 11.3. The topological polar surface area (TPSA) is 67.6 Å². The SMILES string of the molecule is Cc1cscc1-c1[nH]nc(N)c1-c1ccncc1. The highest BCUT2D eigenvalue weighted by molar-refractivity contribution is 7.08. The first kappa shape index (κ1) is 11.0. The van der Waals surface area contributed by atoms with Crippen molar-refractivity contribution < 1.29 is 0 Å². The van der Waals surface area contributed by atoms with Gasteiger partial charge in [-0.15, -0.1) is 0 Å². The van der Waals surface area contributed by atoms with Crippen LogP contribution in [0, 0.1) is 6.92 Å². The van der Waals surface area contributed by atoms with Crippen LogP contribution in [0.25, 0.3) is 22.4 Å². The smallest absolute Gasteiger partial charge is 0.153 e. The largest absolute Gasteiger partial charge is 0.382 e. The highest BCUT2D eigenvalue weighted by Crippen LogP contribution is 2.36. The third kappa shape index (κ3) is 1.69. The van der Waals surface area contributed by atoms with Crippen LogP contribution < -0.4 is 5.73 Å². The molecule has 0 saturated heterocycles. The molecule has 4 nitrogen and oxygen atoms in total. The van der Waals surface area contributed by atoms with Crippen molar-refractivity contribution in [1.29, 1.82) is 0 Å². The molecule has 3 aromatic rings. The number of aromatic amines is 1. The minimum Gasteiger partial charge on any atom is -0.382 e. The number of aryl methyl sites for hydroxylation is 1. The quantitative estimate of drug-likeness (QED) is 0.740. The van der Waals surface area contributed by atoms with Crippen molar-refractivity contribution in [3.8, 4) is 22.4 Å². The maximum Gasteiger partial charge on any atom is 0.153 e. The second-order valence-corrected chi connectivity index (χ2v) is 4.81. The Bertz CT molecular complexity index is 669. The number of hydrogen-bond donors (Lipinski definition) is 2. The molecule has 3 heterocycles. The van der Waals surface area contributed by atoms with Crippen LogP contribution in [0.5, 0.6) is 0 Å². The maximum absolute atomic E-state index is 5.97. The van der Waals surface area contributed by atoms with Crippen LogP contribution in [0.15, 0.2) is 35.3 Å². The number of nitrogens with zero attached hydrogens (tertiary/aromatic N) is 2. The van der Waals surface area contributed by atoms with Gasteiger partial charge in [0.25, 0.3) is 0 Å². The first-order valence-electron chi connectivity index (χ1n) is 5.55. The van der Waals surface area contributed by atoms with Crippen LogP contribution in [0.2, 0.25) is 0 Å². The molecule has 3 N–H and O–H groups in total. The van der Waals surface area contributed by atoms with Crippen LogP contribution >= 0.6 is 11.3 Å². The molecule has 0 spiro atoms. The summed E-state index contributed by atoms with van der Waals surface area (Å²) in [5.74, 6) is 0.516. The summed E-state index contributed by atoms with van der Waals surface area (Å²) in [5, 5.41) is 11.4. The minimum atomic E-state index is 0.516. The van der Waals surface area contributed by atoms with Gasteiger partial charge in [0.05, 0.1) is 11.3 Å². The van der Waals surface area contributed by atoms with E-state index in [1.807, 2.05) is 12.1 Å². The summed E-state index contributed by atoms with van der Waals surface area (Å²) in [6.07, 6.45) is 3.51. The summed E-state index contributed by atoms with van der Waals surface area (Å²) >= 11 is 1.67. The zero-order valence-corrected chi connectivity index (χ0v) is 10.7. The summed E-state index contributed by atoms with van der Waals surface area (Å²) < 4.78 is 0. The second kappa shape index (κ2) is 4.27. The molecular formula is C13H12N4S. The van der Waals surface area contributed by atoms with E-state index in [1.165, 1.54) is 5.56 Å². The van der Waals surface area contributed by atoms with Crippen LogP contribution in [0.1, 0.15) is 5.56 Å². The lowest BCUT2D eigenvalue weighted by atomic mass is 10.0. The number of rotatable bonds is 2. The number of nitrogens with two attached hydrogens (primary N) is 1. The van der Waals surface area contributed by atoms with Crippen molar-refractivity contribution in [3.63, 3.8) is 0 Å². The lowest BCUT2D eigenvalue weighted by Gasteiger charge is -2.03. The van der Waals surface area contributed by atoms with Gasteiger partial charge in [-0.3, -0.25) is 10.1 Å². The molecule has 0 bridgehead atoms. The maximum atomic E-state index is 5.97. The molecule has 5 heteroatoms. The van der Waals surface area contributed by atoms with E-state index in [0.29, 0.717) is 5.82 Å². The van der Waals surface area contributed by atoms with E-state index in [4.69, 9.17) is 5.73 Å². The Morgan fingerprint density at radius 1 is 1.22 bits per heavy atom. The average molecular weight is 256 g/mol. The van der Waals surface area contributed by atoms with Gasteiger partial charge in [0, 0.05) is 23.3 Å². The summed E-state index contributed by atoms with van der Waals surface area (Å²) in [6.45, 7) is 2.08. The predicted molar refractivity (Wildman–Crippen MR) is 74.3 cm³/mol. The molecule has 0 unspecified atom stereocenters. The fraction of sp³-hybridized carbons (Fsp3) is 0.0769. The van der Waals surface area contributed by atoms with Gasteiger partial charge in [-0.05, 0) is 35.6 Å². The van der Waals surface area contributed by atoms with Gasteiger partial charge >= 0.3 is 0 Å². The summed E-state index contributed by atoms with van der Waals surface area (Å²) in [7, 11) is 0. The van der Waals surface area contributed by atoms with E-state index >= 15 is 0 Å². The third-order valence-corrected chi connectivity index (χ3v) is 3.75. The number of pyridine rings is 1. The van der Waals surface area contributed by atoms with Gasteiger partial charge in [-0.1, -0.05) is 0 Å². The zero-order valence-electron chi connectivity index (χ0n) is 9.84. The third-order valence-electron chi connectivity index (χ3n) is 2.89. The van der Waals surface area contributed by atoms with E-state index in [2.05, 4.69) is 32.9 Å². The molecule has 3 rings (SSSR count). The van der Waals surface area contributed by atoms with Gasteiger partial charge in [0.1, 0.15) is 0 Å². The van der Waals surface area contributed by atoms with Gasteiger partial charge in [-0.25, -0.2) is 0 Å². The number of aromatic nitrogens is 3. The van der Waals surface area contributed by atoms with E-state index in [0.717, 1.165) is 22.4 Å². The molecule has 0 aliphatic rings.